The highest BCUT2D eigenvalue weighted by Crippen LogP contribution is 2.16. The van der Waals surface area contributed by atoms with Gasteiger partial charge in [0, 0.05) is 0 Å². The normalized spacial score (nSPS) is 11.1. The van der Waals surface area contributed by atoms with Crippen molar-refractivity contribution in [2.45, 2.75) is 26.7 Å². The Hall–Kier alpha value is -1.18. The van der Waals surface area contributed by atoms with Gasteiger partial charge in [-0.3, -0.25) is 0 Å². The molecule has 76 valence electrons. The number of halogens is 2. The molecule has 0 aromatic heterocycles. The Labute approximate surface area is 83.3 Å². The van der Waals surface area contributed by atoms with Crippen LogP contribution in [-0.2, 0) is 6.42 Å². The molecule has 0 aliphatic carbocycles. The summed E-state index contributed by atoms with van der Waals surface area (Å²) in [5.41, 5.74) is 0.809. The molecule has 0 aliphatic heterocycles. The van der Waals surface area contributed by atoms with Gasteiger partial charge in [0.1, 0.15) is 0 Å². The molecule has 0 N–H and O–H groups in total. The monoisotopic (exact) mass is 196 g/mol. The molecule has 14 heavy (non-hydrogen) atoms. The number of hydrogen-bond donors (Lipinski definition) is 0. The van der Waals surface area contributed by atoms with Crippen molar-refractivity contribution >= 4 is 0 Å². The highest BCUT2D eigenvalue weighted by atomic mass is 19.2. The Morgan fingerprint density at radius 2 is 1.93 bits per heavy atom. The third-order valence-corrected chi connectivity index (χ3v) is 2.17. The molecule has 1 aromatic carbocycles. The van der Waals surface area contributed by atoms with Gasteiger partial charge in [-0.1, -0.05) is 24.3 Å². The Morgan fingerprint density at radius 1 is 1.21 bits per heavy atom. The van der Waals surface area contributed by atoms with E-state index in [0.29, 0.717) is 17.5 Å². The molecule has 0 bridgehead atoms. The second kappa shape index (κ2) is 4.89. The Morgan fingerprint density at radius 3 is 2.57 bits per heavy atom. The van der Waals surface area contributed by atoms with Crippen LogP contribution in [0.1, 0.15) is 24.5 Å². The van der Waals surface area contributed by atoms with E-state index in [9.17, 15) is 8.78 Å². The lowest BCUT2D eigenvalue weighted by Crippen LogP contribution is -1.96. The Bertz CT molecular complexity index is 340. The Kier molecular flexibility index (Phi) is 3.81. The van der Waals surface area contributed by atoms with E-state index in [0.717, 1.165) is 6.42 Å². The fourth-order valence-electron chi connectivity index (χ4n) is 1.28. The fraction of sp³-hybridized carbons (Fsp3) is 0.333. The summed E-state index contributed by atoms with van der Waals surface area (Å²) in [5, 5.41) is 0. The van der Waals surface area contributed by atoms with Crippen LogP contribution in [0.2, 0.25) is 0 Å². The van der Waals surface area contributed by atoms with Gasteiger partial charge < -0.3 is 0 Å². The maximum Gasteiger partial charge on any atom is 0.162 e. The number of benzene rings is 1. The summed E-state index contributed by atoms with van der Waals surface area (Å²) in [6.07, 6.45) is 5.14. The number of aryl methyl sites for hydroxylation is 2. The minimum absolute atomic E-state index is 0.359. The van der Waals surface area contributed by atoms with Crippen LogP contribution in [0.15, 0.2) is 24.3 Å². The number of rotatable bonds is 3. The van der Waals surface area contributed by atoms with Gasteiger partial charge in [0.15, 0.2) is 11.6 Å². The van der Waals surface area contributed by atoms with Crippen LogP contribution in [0.5, 0.6) is 0 Å². The van der Waals surface area contributed by atoms with E-state index in [1.807, 2.05) is 19.1 Å². The first-order valence-electron chi connectivity index (χ1n) is 4.71. The largest absolute Gasteiger partial charge is 0.203 e. The zero-order valence-electron chi connectivity index (χ0n) is 8.48. The summed E-state index contributed by atoms with van der Waals surface area (Å²) in [7, 11) is 0. The average molecular weight is 196 g/mol. The molecule has 0 saturated heterocycles. The Balaban J connectivity index is 2.83. The molecule has 0 nitrogen and oxygen atoms in total. The van der Waals surface area contributed by atoms with Gasteiger partial charge in [0.05, 0.1) is 0 Å². The van der Waals surface area contributed by atoms with Crippen molar-refractivity contribution in [3.63, 3.8) is 0 Å². The SMILES string of the molecule is CC=CCCc1ccc(C)c(F)c1F. The van der Waals surface area contributed by atoms with Crippen LogP contribution in [0.3, 0.4) is 0 Å². The van der Waals surface area contributed by atoms with Crippen molar-refractivity contribution in [2.75, 3.05) is 0 Å². The third kappa shape index (κ3) is 2.41. The summed E-state index contributed by atoms with van der Waals surface area (Å²) >= 11 is 0. The second-order valence-corrected chi connectivity index (χ2v) is 3.28. The molecule has 0 saturated carbocycles. The van der Waals surface area contributed by atoms with E-state index >= 15 is 0 Å². The molecule has 0 amide bonds. The molecule has 1 aromatic rings. The van der Waals surface area contributed by atoms with Crippen molar-refractivity contribution in [1.82, 2.24) is 0 Å². The van der Waals surface area contributed by atoms with Gasteiger partial charge in [-0.2, -0.15) is 0 Å². The van der Waals surface area contributed by atoms with E-state index in [1.54, 1.807) is 19.1 Å². The molecule has 0 atom stereocenters. The predicted molar refractivity (Wildman–Crippen MR) is 54.2 cm³/mol. The van der Waals surface area contributed by atoms with Gasteiger partial charge in [0.25, 0.3) is 0 Å². The van der Waals surface area contributed by atoms with Crippen molar-refractivity contribution in [2.24, 2.45) is 0 Å². The van der Waals surface area contributed by atoms with Crippen molar-refractivity contribution in [3.05, 3.63) is 47.0 Å². The van der Waals surface area contributed by atoms with Crippen molar-refractivity contribution < 1.29 is 8.78 Å². The lowest BCUT2D eigenvalue weighted by Gasteiger charge is -2.04. The maximum absolute atomic E-state index is 13.3. The summed E-state index contributed by atoms with van der Waals surface area (Å²) in [6.45, 7) is 3.47. The third-order valence-electron chi connectivity index (χ3n) is 2.17. The zero-order valence-corrected chi connectivity index (χ0v) is 8.48. The van der Waals surface area contributed by atoms with Crippen LogP contribution in [0.25, 0.3) is 0 Å². The molecule has 0 unspecified atom stereocenters. The zero-order chi connectivity index (χ0) is 10.6. The van der Waals surface area contributed by atoms with E-state index in [1.165, 1.54) is 0 Å². The van der Waals surface area contributed by atoms with E-state index < -0.39 is 11.6 Å². The molecule has 0 aliphatic rings. The van der Waals surface area contributed by atoms with Crippen molar-refractivity contribution in [1.29, 1.82) is 0 Å². The molecular weight excluding hydrogens is 182 g/mol. The van der Waals surface area contributed by atoms with Gasteiger partial charge in [0.2, 0.25) is 0 Å². The van der Waals surface area contributed by atoms with Gasteiger partial charge in [-0.05, 0) is 37.8 Å². The predicted octanol–water partition coefficient (Wildman–Crippen LogP) is 3.78. The van der Waals surface area contributed by atoms with E-state index in [-0.39, 0.29) is 0 Å². The molecule has 1 rings (SSSR count). The van der Waals surface area contributed by atoms with Crippen LogP contribution in [0, 0.1) is 18.6 Å². The average Bonchev–Trinajstić information content (AvgIpc) is 2.18. The van der Waals surface area contributed by atoms with Gasteiger partial charge >= 0.3 is 0 Å². The molecular formula is C12H14F2. The molecule has 0 spiro atoms. The number of hydrogen-bond acceptors (Lipinski definition) is 0. The van der Waals surface area contributed by atoms with Gasteiger partial charge in [-0.15, -0.1) is 0 Å². The molecule has 0 radical (unpaired) electrons. The minimum atomic E-state index is -0.719. The standard InChI is InChI=1S/C12H14F2/c1-3-4-5-6-10-8-7-9(2)11(13)12(10)14/h3-4,7-8H,5-6H2,1-2H3. The topological polar surface area (TPSA) is 0 Å². The number of allylic oxidation sites excluding steroid dienone is 2. The van der Waals surface area contributed by atoms with Crippen LogP contribution in [-0.4, -0.2) is 0 Å². The highest BCUT2D eigenvalue weighted by Gasteiger charge is 2.09. The van der Waals surface area contributed by atoms with Crippen LogP contribution in [0.4, 0.5) is 8.78 Å². The first-order valence-corrected chi connectivity index (χ1v) is 4.71. The first kappa shape index (κ1) is 10.9. The second-order valence-electron chi connectivity index (χ2n) is 3.28. The van der Waals surface area contributed by atoms with Crippen LogP contribution < -0.4 is 0 Å². The molecule has 2 heteroatoms. The summed E-state index contributed by atoms with van der Waals surface area (Å²) in [5.74, 6) is -1.42. The first-order chi connectivity index (χ1) is 6.66. The fourth-order valence-corrected chi connectivity index (χ4v) is 1.28. The van der Waals surface area contributed by atoms with Gasteiger partial charge in [-0.25, -0.2) is 8.78 Å². The quantitative estimate of drug-likeness (QED) is 0.645. The minimum Gasteiger partial charge on any atom is -0.203 e. The molecule has 0 heterocycles. The lowest BCUT2D eigenvalue weighted by atomic mass is 10.1. The lowest BCUT2D eigenvalue weighted by molar-refractivity contribution is 0.493. The summed E-state index contributed by atoms with van der Waals surface area (Å²) in [6, 6.07) is 3.26. The maximum atomic E-state index is 13.3. The smallest absolute Gasteiger partial charge is 0.162 e. The highest BCUT2D eigenvalue weighted by molar-refractivity contribution is 5.25. The van der Waals surface area contributed by atoms with E-state index in [2.05, 4.69) is 0 Å². The molecule has 0 fully saturated rings. The summed E-state index contributed by atoms with van der Waals surface area (Å²) < 4.78 is 26.4. The van der Waals surface area contributed by atoms with Crippen LogP contribution >= 0.6 is 0 Å². The summed E-state index contributed by atoms with van der Waals surface area (Å²) in [4.78, 5) is 0. The van der Waals surface area contributed by atoms with E-state index in [4.69, 9.17) is 0 Å². The van der Waals surface area contributed by atoms with Crippen molar-refractivity contribution in [3.8, 4) is 0 Å².